The first kappa shape index (κ1) is 17.9. The molecule has 2 aliphatic heterocycles. The third-order valence-electron chi connectivity index (χ3n) is 4.62. The first-order valence-corrected chi connectivity index (χ1v) is 9.25. The first-order valence-electron chi connectivity index (χ1n) is 8.17. The Labute approximate surface area is 161 Å². The van der Waals surface area contributed by atoms with Gasteiger partial charge in [0.25, 0.3) is 5.56 Å². The topological polar surface area (TPSA) is 103 Å². The van der Waals surface area contributed by atoms with E-state index in [2.05, 4.69) is 4.98 Å². The summed E-state index contributed by atoms with van der Waals surface area (Å²) < 4.78 is 19.1. The lowest BCUT2D eigenvalue weighted by molar-refractivity contribution is -0.306. The van der Waals surface area contributed by atoms with Crippen LogP contribution in [-0.2, 0) is 14.2 Å². The lowest BCUT2D eigenvalue weighted by atomic mass is 9.97. The van der Waals surface area contributed by atoms with E-state index in [0.717, 1.165) is 5.56 Å². The maximum Gasteiger partial charge on any atom is 0.328 e. The van der Waals surface area contributed by atoms with Gasteiger partial charge in [-0.05, 0) is 22.6 Å². The van der Waals surface area contributed by atoms with Gasteiger partial charge in [-0.15, -0.1) is 0 Å². The van der Waals surface area contributed by atoms with Crippen LogP contribution in [0.5, 0.6) is 0 Å². The van der Waals surface area contributed by atoms with E-state index >= 15 is 0 Å². The number of nitrogens with one attached hydrogen (secondary N) is 1. The molecule has 0 aliphatic carbocycles. The van der Waals surface area contributed by atoms with E-state index in [1.165, 1.54) is 10.8 Å². The Hall–Kier alpha value is -1.53. The van der Waals surface area contributed by atoms with Crippen molar-refractivity contribution < 1.29 is 19.3 Å². The summed E-state index contributed by atoms with van der Waals surface area (Å²) in [4.78, 5) is 26.0. The number of aliphatic hydroxyl groups excluding tert-OH is 1. The number of hydrogen-bond donors (Lipinski definition) is 2. The van der Waals surface area contributed by atoms with Crippen molar-refractivity contribution in [2.24, 2.45) is 0 Å². The average molecular weight is 472 g/mol. The van der Waals surface area contributed by atoms with Gasteiger partial charge in [0, 0.05) is 11.8 Å². The molecule has 5 atom stereocenters. The van der Waals surface area contributed by atoms with Crippen LogP contribution >= 0.6 is 22.6 Å². The van der Waals surface area contributed by atoms with Gasteiger partial charge < -0.3 is 19.3 Å². The largest absolute Gasteiger partial charge is 0.388 e. The van der Waals surface area contributed by atoms with E-state index in [1.54, 1.807) is 0 Å². The quantitative estimate of drug-likeness (QED) is 0.620. The van der Waals surface area contributed by atoms with Crippen molar-refractivity contribution >= 4 is 22.6 Å². The predicted octanol–water partition coefficient (Wildman–Crippen LogP) is 0.556. The maximum absolute atomic E-state index is 12.2. The molecule has 5 unspecified atom stereocenters. The number of aromatic amines is 1. The van der Waals surface area contributed by atoms with Crippen LogP contribution in [0.1, 0.15) is 17.9 Å². The molecule has 2 fully saturated rings. The molecule has 1 aromatic carbocycles. The second-order valence-electron chi connectivity index (χ2n) is 6.25. The predicted molar refractivity (Wildman–Crippen MR) is 98.8 cm³/mol. The smallest absolute Gasteiger partial charge is 0.328 e. The monoisotopic (exact) mass is 472 g/mol. The van der Waals surface area contributed by atoms with Crippen LogP contribution in [-0.4, -0.2) is 46.2 Å². The summed E-state index contributed by atoms with van der Waals surface area (Å²) in [6.07, 6.45) is -1.24. The van der Waals surface area contributed by atoms with Gasteiger partial charge in [0.15, 0.2) is 6.29 Å². The number of nitrogens with zero attached hydrogens (tertiary/aromatic N) is 1. The SMILES string of the molecule is O=c1[nH]c(=O)n(C2COC3COC(c4ccccc4)OC3C2O)cc1I. The standard InChI is InChI=1S/C17H17IN2O6/c18-10-6-20(17(23)19-15(10)22)11-7-24-12-8-25-16(26-14(12)13(11)21)9-4-2-1-3-5-9/h1-6,11-14,16,21H,7-8H2,(H,19,22,23). The van der Waals surface area contributed by atoms with Crippen molar-refractivity contribution in [1.29, 1.82) is 0 Å². The van der Waals surface area contributed by atoms with Gasteiger partial charge >= 0.3 is 5.69 Å². The highest BCUT2D eigenvalue weighted by Crippen LogP contribution is 2.34. The van der Waals surface area contributed by atoms with Gasteiger partial charge in [-0.3, -0.25) is 14.3 Å². The van der Waals surface area contributed by atoms with Crippen molar-refractivity contribution in [2.75, 3.05) is 13.2 Å². The minimum absolute atomic E-state index is 0.118. The molecule has 0 saturated carbocycles. The average Bonchev–Trinajstić information content (AvgIpc) is 2.66. The molecule has 3 heterocycles. The maximum atomic E-state index is 12.2. The lowest BCUT2D eigenvalue weighted by Gasteiger charge is -2.45. The van der Waals surface area contributed by atoms with Gasteiger partial charge in [-0.2, -0.15) is 0 Å². The third-order valence-corrected chi connectivity index (χ3v) is 5.39. The highest BCUT2D eigenvalue weighted by Gasteiger charge is 2.46. The zero-order valence-electron chi connectivity index (χ0n) is 13.6. The van der Waals surface area contributed by atoms with E-state index in [9.17, 15) is 14.7 Å². The molecule has 8 nitrogen and oxygen atoms in total. The Morgan fingerprint density at radius 2 is 1.92 bits per heavy atom. The molecule has 2 saturated heterocycles. The number of rotatable bonds is 2. The molecular formula is C17H17IN2O6. The molecule has 0 amide bonds. The zero-order valence-corrected chi connectivity index (χ0v) is 15.7. The number of aliphatic hydroxyl groups is 1. The van der Waals surface area contributed by atoms with E-state index < -0.39 is 41.9 Å². The van der Waals surface area contributed by atoms with E-state index in [4.69, 9.17) is 14.2 Å². The number of H-pyrrole nitrogens is 1. The molecule has 4 rings (SSSR count). The van der Waals surface area contributed by atoms with Crippen LogP contribution < -0.4 is 11.2 Å². The molecule has 0 bridgehead atoms. The van der Waals surface area contributed by atoms with Gasteiger partial charge in [-0.25, -0.2) is 4.79 Å². The van der Waals surface area contributed by atoms with Crippen molar-refractivity contribution in [3.05, 3.63) is 66.5 Å². The number of fused-ring (bicyclic) bond motifs is 1. The van der Waals surface area contributed by atoms with Crippen LogP contribution in [0.3, 0.4) is 0 Å². The molecule has 26 heavy (non-hydrogen) atoms. The summed E-state index contributed by atoms with van der Waals surface area (Å²) in [5.41, 5.74) is -0.202. The molecular weight excluding hydrogens is 455 g/mol. The number of benzene rings is 1. The molecule has 0 radical (unpaired) electrons. The summed E-state index contributed by atoms with van der Waals surface area (Å²) in [7, 11) is 0. The van der Waals surface area contributed by atoms with Gasteiger partial charge in [0.05, 0.1) is 22.8 Å². The van der Waals surface area contributed by atoms with Crippen LogP contribution in [0.4, 0.5) is 0 Å². The van der Waals surface area contributed by atoms with Crippen molar-refractivity contribution in [3.63, 3.8) is 0 Å². The Kier molecular flexibility index (Phi) is 4.97. The minimum Gasteiger partial charge on any atom is -0.388 e. The molecule has 138 valence electrons. The fourth-order valence-electron chi connectivity index (χ4n) is 3.27. The number of hydrogen-bond acceptors (Lipinski definition) is 6. The first-order chi connectivity index (χ1) is 12.5. The minimum atomic E-state index is -0.983. The highest BCUT2D eigenvalue weighted by atomic mass is 127. The van der Waals surface area contributed by atoms with Crippen LogP contribution in [0.2, 0.25) is 0 Å². The summed E-state index contributed by atoms with van der Waals surface area (Å²) >= 11 is 1.84. The van der Waals surface area contributed by atoms with Crippen LogP contribution in [0.15, 0.2) is 46.1 Å². The second kappa shape index (κ2) is 7.24. The van der Waals surface area contributed by atoms with Crippen molar-refractivity contribution in [3.8, 4) is 0 Å². The van der Waals surface area contributed by atoms with E-state index in [-0.39, 0.29) is 13.2 Å². The fraction of sp³-hybridized carbons (Fsp3) is 0.412. The zero-order chi connectivity index (χ0) is 18.3. The fourth-order valence-corrected chi connectivity index (χ4v) is 3.70. The van der Waals surface area contributed by atoms with Crippen LogP contribution in [0.25, 0.3) is 0 Å². The molecule has 2 aliphatic rings. The van der Waals surface area contributed by atoms with Crippen LogP contribution in [0, 0.1) is 3.57 Å². The number of aromatic nitrogens is 2. The van der Waals surface area contributed by atoms with Crippen molar-refractivity contribution in [1.82, 2.24) is 9.55 Å². The van der Waals surface area contributed by atoms with Gasteiger partial charge in [-0.1, -0.05) is 30.3 Å². The second-order valence-corrected chi connectivity index (χ2v) is 7.41. The van der Waals surface area contributed by atoms with Crippen molar-refractivity contribution in [2.45, 2.75) is 30.6 Å². The summed E-state index contributed by atoms with van der Waals surface area (Å²) in [5, 5.41) is 10.9. The Morgan fingerprint density at radius 3 is 2.69 bits per heavy atom. The summed E-state index contributed by atoms with van der Waals surface area (Å²) in [5.74, 6) is 0. The van der Waals surface area contributed by atoms with E-state index in [1.807, 2.05) is 52.9 Å². The third kappa shape index (κ3) is 3.25. The Bertz CT molecular complexity index is 898. The van der Waals surface area contributed by atoms with Gasteiger partial charge in [0.2, 0.25) is 0 Å². The Balaban J connectivity index is 1.60. The number of ether oxygens (including phenoxy) is 3. The highest BCUT2D eigenvalue weighted by molar-refractivity contribution is 14.1. The molecule has 1 aromatic heterocycles. The van der Waals surface area contributed by atoms with E-state index in [0.29, 0.717) is 3.57 Å². The normalized spacial score (nSPS) is 31.4. The van der Waals surface area contributed by atoms with Gasteiger partial charge in [0.1, 0.15) is 18.3 Å². The molecule has 9 heteroatoms. The Morgan fingerprint density at radius 1 is 1.15 bits per heavy atom. The summed E-state index contributed by atoms with van der Waals surface area (Å²) in [6.45, 7) is 0.402. The molecule has 2 aromatic rings. The summed E-state index contributed by atoms with van der Waals surface area (Å²) in [6, 6.07) is 8.76. The molecule has 2 N–H and O–H groups in total. The number of halogens is 1. The molecule has 0 spiro atoms. The lowest BCUT2D eigenvalue weighted by Crippen LogP contribution is -2.57.